The summed E-state index contributed by atoms with van der Waals surface area (Å²) in [7, 11) is -8.58. The van der Waals surface area contributed by atoms with Crippen molar-refractivity contribution < 1.29 is 38.9 Å². The fourth-order valence-electron chi connectivity index (χ4n) is 0. The second kappa shape index (κ2) is 18.4. The van der Waals surface area contributed by atoms with Gasteiger partial charge in [0.2, 0.25) is 0 Å². The quantitative estimate of drug-likeness (QED) is 0.180. The van der Waals surface area contributed by atoms with Crippen molar-refractivity contribution in [2.75, 3.05) is 0 Å². The summed E-state index contributed by atoms with van der Waals surface area (Å²) >= 11 is 0. The van der Waals surface area contributed by atoms with Gasteiger partial charge >= 0.3 is 26.2 Å². The maximum Gasteiger partial charge on any atom is 3.00 e. The van der Waals surface area contributed by atoms with Crippen LogP contribution in [0.15, 0.2) is 0 Å². The summed E-state index contributed by atoms with van der Waals surface area (Å²) in [6, 6.07) is 0. The molecule has 0 saturated heterocycles. The van der Waals surface area contributed by atoms with Crippen LogP contribution < -0.4 is 0 Å². The zero-order chi connectivity index (χ0) is 10.7. The van der Waals surface area contributed by atoms with Crippen LogP contribution in [0.3, 0.4) is 0 Å². The molecule has 0 unspecified atom stereocenters. The summed E-state index contributed by atoms with van der Waals surface area (Å²) in [6.45, 7) is 0. The fraction of sp³-hybridized carbons (Fsp3) is 0. The van der Waals surface area contributed by atoms with E-state index in [9.17, 15) is 0 Å². The first-order valence-electron chi connectivity index (χ1n) is 1.55. The first kappa shape index (κ1) is 23.4. The summed E-state index contributed by atoms with van der Waals surface area (Å²) in [5.41, 5.74) is 0. The van der Waals surface area contributed by atoms with Crippen LogP contribution in [0.4, 0.5) is 0 Å². The molecule has 2 radical (unpaired) electrons. The molecule has 0 aromatic carbocycles. The molecule has 0 bridgehead atoms. The monoisotopic (exact) mass is 452 g/mol. The van der Waals surface area contributed by atoms with E-state index in [-0.39, 0.29) is 26.2 Å². The Kier molecular flexibility index (Phi) is 33.2. The minimum absolute atomic E-state index is 0. The van der Waals surface area contributed by atoms with Gasteiger partial charge in [0.1, 0.15) is 0 Å². The van der Waals surface area contributed by atoms with E-state index in [1.807, 2.05) is 0 Å². The van der Waals surface area contributed by atoms with Crippen LogP contribution in [0.25, 0.3) is 0 Å². The Labute approximate surface area is 97.6 Å². The van der Waals surface area contributed by atoms with E-state index in [1.165, 1.54) is 0 Å². The first-order valence-corrected chi connectivity index (χ1v) is 4.64. The third-order valence-electron chi connectivity index (χ3n) is 0. The SMILES string of the molecule is O=[S-](=O)O.O=[S-](=O)O.O=[S-](=O)O.[Bi+3]. The van der Waals surface area contributed by atoms with Crippen molar-refractivity contribution in [3.8, 4) is 0 Å². The van der Waals surface area contributed by atoms with Crippen LogP contribution in [-0.2, 0) is 58.2 Å². The van der Waals surface area contributed by atoms with Gasteiger partial charge in [0.05, 0.1) is 0 Å². The Bertz CT molecular complexity index is 208. The molecule has 0 atom stereocenters. The second-order valence-electron chi connectivity index (χ2n) is 0.651. The molecule has 0 aliphatic heterocycles. The maximum atomic E-state index is 8.56. The molecule has 0 amide bonds. The molecule has 0 aliphatic rings. The normalized spacial score (nSPS) is 7.85. The number of rotatable bonds is 0. The summed E-state index contributed by atoms with van der Waals surface area (Å²) in [4.78, 5) is 0. The first-order chi connectivity index (χ1) is 5.20. The van der Waals surface area contributed by atoms with Gasteiger partial charge in [0, 0.05) is 33.0 Å². The number of hydrogen-bond acceptors (Lipinski definition) is 9. The summed E-state index contributed by atoms with van der Waals surface area (Å²) in [5, 5.41) is 0. The van der Waals surface area contributed by atoms with Gasteiger partial charge < -0.3 is 38.9 Å². The molecule has 0 spiro atoms. The molecule has 0 fully saturated rings. The minimum Gasteiger partial charge on any atom is -0.439 e. The molecular formula is H3BiO9S3. The molecule has 0 rings (SSSR count). The minimum atomic E-state index is -2.86. The fourth-order valence-corrected chi connectivity index (χ4v) is 0. The van der Waals surface area contributed by atoms with Crippen LogP contribution in [0.2, 0.25) is 0 Å². The van der Waals surface area contributed by atoms with Crippen molar-refractivity contribution in [2.24, 2.45) is 0 Å². The van der Waals surface area contributed by atoms with Crippen LogP contribution in [0, 0.1) is 0 Å². The average Bonchev–Trinajstić information content (AvgIpc) is 1.54. The van der Waals surface area contributed by atoms with Gasteiger partial charge in [0.15, 0.2) is 0 Å². The molecule has 0 heterocycles. The summed E-state index contributed by atoms with van der Waals surface area (Å²) in [5.74, 6) is 0. The molecule has 80 valence electrons. The topological polar surface area (TPSA) is 163 Å². The molecule has 9 nitrogen and oxygen atoms in total. The third-order valence-corrected chi connectivity index (χ3v) is 0. The largest absolute Gasteiger partial charge is 3.00 e. The van der Waals surface area contributed by atoms with Gasteiger partial charge in [-0.1, -0.05) is 0 Å². The van der Waals surface area contributed by atoms with Gasteiger partial charge in [-0.15, -0.1) is 0 Å². The maximum absolute atomic E-state index is 8.56. The molecule has 0 aromatic rings. The molecular weight excluding hydrogens is 449 g/mol. The molecule has 13 heteroatoms. The Balaban J connectivity index is -0.0000000450. The molecule has 0 aromatic heterocycles. The zero-order valence-corrected chi connectivity index (χ0v) is 11.4. The van der Waals surface area contributed by atoms with Crippen molar-refractivity contribution in [3.63, 3.8) is 0 Å². The van der Waals surface area contributed by atoms with Crippen molar-refractivity contribution in [3.05, 3.63) is 0 Å². The zero-order valence-electron chi connectivity index (χ0n) is 5.46. The van der Waals surface area contributed by atoms with Gasteiger partial charge in [0.25, 0.3) is 0 Å². The Morgan fingerprint density at radius 1 is 0.538 bits per heavy atom. The Hall–Kier alpha value is 0.613. The summed E-state index contributed by atoms with van der Waals surface area (Å²) < 4.78 is 72.2. The standard InChI is InChI=1S/Bi.3HO3S/c;3*1-4(2)3/h;3*(H,1,2,3)/q+3;3*-1. The van der Waals surface area contributed by atoms with Gasteiger partial charge in [-0.3, -0.25) is 0 Å². The van der Waals surface area contributed by atoms with Crippen LogP contribution >= 0.6 is 0 Å². The average molecular weight is 452 g/mol. The molecule has 13 heavy (non-hydrogen) atoms. The third kappa shape index (κ3) is 3780. The molecule has 0 aliphatic carbocycles. The van der Waals surface area contributed by atoms with Crippen molar-refractivity contribution in [2.45, 2.75) is 0 Å². The van der Waals surface area contributed by atoms with E-state index in [0.717, 1.165) is 0 Å². The van der Waals surface area contributed by atoms with Crippen LogP contribution in [0.1, 0.15) is 0 Å². The van der Waals surface area contributed by atoms with Gasteiger partial charge in [-0.25, -0.2) is 0 Å². The molecule has 3 N–H and O–H groups in total. The van der Waals surface area contributed by atoms with Crippen molar-refractivity contribution in [1.29, 1.82) is 0 Å². The van der Waals surface area contributed by atoms with Crippen LogP contribution in [0.5, 0.6) is 0 Å². The Morgan fingerprint density at radius 2 is 0.538 bits per heavy atom. The molecule has 0 saturated carbocycles. The predicted octanol–water partition coefficient (Wildman–Crippen LogP) is -1.07. The predicted molar refractivity (Wildman–Crippen MR) is 39.9 cm³/mol. The smallest absolute Gasteiger partial charge is 0.439 e. The second-order valence-corrected chi connectivity index (χ2v) is 1.95. The van der Waals surface area contributed by atoms with E-state index in [0.29, 0.717) is 0 Å². The van der Waals surface area contributed by atoms with E-state index in [1.54, 1.807) is 0 Å². The van der Waals surface area contributed by atoms with E-state index in [4.69, 9.17) is 38.9 Å². The van der Waals surface area contributed by atoms with E-state index in [2.05, 4.69) is 0 Å². The Morgan fingerprint density at radius 3 is 0.538 bits per heavy atom. The number of hydrogen-bond donors (Lipinski definition) is 3. The van der Waals surface area contributed by atoms with Gasteiger partial charge in [-0.2, -0.15) is 0 Å². The van der Waals surface area contributed by atoms with Crippen molar-refractivity contribution in [1.82, 2.24) is 0 Å². The van der Waals surface area contributed by atoms with E-state index < -0.39 is 33.0 Å². The van der Waals surface area contributed by atoms with Crippen LogP contribution in [-0.4, -0.2) is 39.9 Å². The summed E-state index contributed by atoms with van der Waals surface area (Å²) in [6.07, 6.45) is 0. The van der Waals surface area contributed by atoms with Crippen molar-refractivity contribution >= 4 is 59.2 Å². The van der Waals surface area contributed by atoms with Gasteiger partial charge in [-0.05, 0) is 0 Å². The van der Waals surface area contributed by atoms with E-state index >= 15 is 0 Å².